The van der Waals surface area contributed by atoms with Crippen molar-refractivity contribution >= 4 is 15.9 Å². The number of hydrogen-bond donors (Lipinski definition) is 0. The summed E-state index contributed by atoms with van der Waals surface area (Å²) in [6, 6.07) is 0. The minimum Gasteiger partial charge on any atom is -0.271 e. The molecule has 2 nitrogen and oxygen atoms in total. The van der Waals surface area contributed by atoms with E-state index in [9.17, 15) is 4.39 Å². The first-order valence-corrected chi connectivity index (χ1v) is 5.35. The molecule has 1 saturated carbocycles. The number of hydrogen-bond acceptors (Lipinski definition) is 1. The zero-order chi connectivity index (χ0) is 9.26. The lowest BCUT2D eigenvalue weighted by molar-refractivity contribution is 0.320. The summed E-state index contributed by atoms with van der Waals surface area (Å²) in [5, 5.41) is 4.15. The van der Waals surface area contributed by atoms with Gasteiger partial charge in [0.1, 0.15) is 6.17 Å². The van der Waals surface area contributed by atoms with Gasteiger partial charge in [-0.25, -0.2) is 4.39 Å². The molecular weight excluding hydrogens is 235 g/mol. The molecule has 72 valence electrons. The van der Waals surface area contributed by atoms with Crippen LogP contribution >= 0.6 is 15.9 Å². The van der Waals surface area contributed by atoms with E-state index in [0.717, 1.165) is 23.9 Å². The molecule has 1 aliphatic rings. The van der Waals surface area contributed by atoms with Crippen LogP contribution in [0.5, 0.6) is 0 Å². The Hall–Kier alpha value is -0.380. The quantitative estimate of drug-likeness (QED) is 0.785. The fourth-order valence-corrected chi connectivity index (χ4v) is 2.21. The number of aromatic nitrogens is 2. The van der Waals surface area contributed by atoms with Crippen molar-refractivity contribution in [1.82, 2.24) is 9.78 Å². The van der Waals surface area contributed by atoms with Crippen molar-refractivity contribution in [3.05, 3.63) is 16.9 Å². The lowest BCUT2D eigenvalue weighted by Gasteiger charge is -2.07. The van der Waals surface area contributed by atoms with Gasteiger partial charge in [0.25, 0.3) is 0 Å². The predicted octanol–water partition coefficient (Wildman–Crippen LogP) is 2.78. The van der Waals surface area contributed by atoms with Crippen LogP contribution in [-0.2, 0) is 6.54 Å². The summed E-state index contributed by atoms with van der Waals surface area (Å²) in [5.74, 6) is 0.474. The van der Waals surface area contributed by atoms with Gasteiger partial charge in [-0.05, 0) is 41.1 Å². The molecule has 1 heterocycles. The highest BCUT2D eigenvalue weighted by atomic mass is 79.9. The molecule has 2 rings (SSSR count). The second kappa shape index (κ2) is 3.78. The molecule has 13 heavy (non-hydrogen) atoms. The summed E-state index contributed by atoms with van der Waals surface area (Å²) in [5.41, 5.74) is 0. The fourth-order valence-electron chi connectivity index (χ4n) is 1.88. The first-order chi connectivity index (χ1) is 6.24. The van der Waals surface area contributed by atoms with Crippen molar-refractivity contribution in [2.75, 3.05) is 0 Å². The van der Waals surface area contributed by atoms with Gasteiger partial charge in [0.15, 0.2) is 0 Å². The number of rotatable bonds is 2. The van der Waals surface area contributed by atoms with Crippen molar-refractivity contribution < 1.29 is 4.39 Å². The average Bonchev–Trinajstić information content (AvgIpc) is 2.62. The highest BCUT2D eigenvalue weighted by molar-refractivity contribution is 9.10. The van der Waals surface area contributed by atoms with Gasteiger partial charge in [-0.15, -0.1) is 0 Å². The maximum absolute atomic E-state index is 12.8. The Kier molecular flexibility index (Phi) is 2.67. The molecule has 1 unspecified atom stereocenters. The molecule has 4 heteroatoms. The molecule has 1 aromatic rings. The number of alkyl halides is 1. The van der Waals surface area contributed by atoms with Crippen molar-refractivity contribution in [2.24, 2.45) is 5.92 Å². The first-order valence-electron chi connectivity index (χ1n) is 4.56. The Labute approximate surface area is 85.3 Å². The first kappa shape index (κ1) is 9.19. The van der Waals surface area contributed by atoms with E-state index in [1.165, 1.54) is 0 Å². The molecule has 1 aromatic heterocycles. The van der Waals surface area contributed by atoms with Crippen LogP contribution in [0.15, 0.2) is 16.9 Å². The molecule has 0 radical (unpaired) electrons. The van der Waals surface area contributed by atoms with Crippen LogP contribution in [-0.4, -0.2) is 16.0 Å². The van der Waals surface area contributed by atoms with Crippen LogP contribution in [0.3, 0.4) is 0 Å². The average molecular weight is 247 g/mol. The molecular formula is C9H12BrFN2. The van der Waals surface area contributed by atoms with Crippen molar-refractivity contribution in [3.63, 3.8) is 0 Å². The summed E-state index contributed by atoms with van der Waals surface area (Å²) in [4.78, 5) is 0. The van der Waals surface area contributed by atoms with Gasteiger partial charge in [-0.2, -0.15) is 5.10 Å². The van der Waals surface area contributed by atoms with E-state index in [2.05, 4.69) is 21.0 Å². The van der Waals surface area contributed by atoms with E-state index < -0.39 is 6.17 Å². The predicted molar refractivity (Wildman–Crippen MR) is 52.2 cm³/mol. The highest BCUT2D eigenvalue weighted by Crippen LogP contribution is 2.28. The summed E-state index contributed by atoms with van der Waals surface area (Å²) < 4.78 is 15.7. The van der Waals surface area contributed by atoms with E-state index in [1.54, 1.807) is 6.20 Å². The lowest BCUT2D eigenvalue weighted by Crippen LogP contribution is -2.08. The monoisotopic (exact) mass is 246 g/mol. The lowest BCUT2D eigenvalue weighted by atomic mass is 10.1. The molecule has 0 saturated heterocycles. The normalized spacial score (nSPS) is 28.2. The van der Waals surface area contributed by atoms with Crippen LogP contribution in [0.1, 0.15) is 19.3 Å². The molecule has 1 fully saturated rings. The summed E-state index contributed by atoms with van der Waals surface area (Å²) in [6.45, 7) is 0.853. The van der Waals surface area contributed by atoms with E-state index in [1.807, 2.05) is 10.9 Å². The molecule has 1 aliphatic carbocycles. The molecule has 0 aromatic carbocycles. The maximum Gasteiger partial charge on any atom is 0.100 e. The Morgan fingerprint density at radius 3 is 3.00 bits per heavy atom. The fraction of sp³-hybridized carbons (Fsp3) is 0.667. The smallest absolute Gasteiger partial charge is 0.100 e. The molecule has 2 atom stereocenters. The summed E-state index contributed by atoms with van der Waals surface area (Å²) >= 11 is 3.34. The molecule has 0 N–H and O–H groups in total. The Bertz CT molecular complexity index is 287. The SMILES string of the molecule is F[C@@H]1CCC(Cn2cc(Br)cn2)C1. The molecule has 0 bridgehead atoms. The van der Waals surface area contributed by atoms with Crippen LogP contribution in [0, 0.1) is 5.92 Å². The Morgan fingerprint density at radius 2 is 2.46 bits per heavy atom. The zero-order valence-electron chi connectivity index (χ0n) is 7.29. The maximum atomic E-state index is 12.8. The van der Waals surface area contributed by atoms with Crippen molar-refractivity contribution in [1.29, 1.82) is 0 Å². The van der Waals surface area contributed by atoms with E-state index in [4.69, 9.17) is 0 Å². The van der Waals surface area contributed by atoms with Gasteiger partial charge in [0.05, 0.1) is 10.7 Å². The van der Waals surface area contributed by atoms with Gasteiger partial charge in [0.2, 0.25) is 0 Å². The third-order valence-electron chi connectivity index (χ3n) is 2.52. The third kappa shape index (κ3) is 2.30. The topological polar surface area (TPSA) is 17.8 Å². The number of nitrogens with zero attached hydrogens (tertiary/aromatic N) is 2. The summed E-state index contributed by atoms with van der Waals surface area (Å²) in [6.07, 6.45) is 5.56. The van der Waals surface area contributed by atoms with E-state index >= 15 is 0 Å². The standard InChI is InChI=1S/C9H12BrFN2/c10-8-4-12-13(6-8)5-7-1-2-9(11)3-7/h4,6-7,9H,1-3,5H2/t7?,9-/m1/s1. The zero-order valence-corrected chi connectivity index (χ0v) is 8.87. The van der Waals surface area contributed by atoms with Crippen LogP contribution in [0.2, 0.25) is 0 Å². The molecule has 0 spiro atoms. The van der Waals surface area contributed by atoms with Gasteiger partial charge in [-0.3, -0.25) is 4.68 Å². The summed E-state index contributed by atoms with van der Waals surface area (Å²) in [7, 11) is 0. The van der Waals surface area contributed by atoms with Gasteiger partial charge in [0, 0.05) is 12.7 Å². The second-order valence-corrected chi connectivity index (χ2v) is 4.57. The molecule has 0 aliphatic heterocycles. The van der Waals surface area contributed by atoms with Crippen LogP contribution in [0.25, 0.3) is 0 Å². The van der Waals surface area contributed by atoms with Crippen LogP contribution in [0.4, 0.5) is 4.39 Å². The van der Waals surface area contributed by atoms with E-state index in [0.29, 0.717) is 12.3 Å². The second-order valence-electron chi connectivity index (χ2n) is 3.66. The third-order valence-corrected chi connectivity index (χ3v) is 2.93. The van der Waals surface area contributed by atoms with Crippen molar-refractivity contribution in [3.8, 4) is 0 Å². The van der Waals surface area contributed by atoms with Crippen LogP contribution < -0.4 is 0 Å². The van der Waals surface area contributed by atoms with E-state index in [-0.39, 0.29) is 0 Å². The minimum absolute atomic E-state index is 0.474. The van der Waals surface area contributed by atoms with Gasteiger partial charge < -0.3 is 0 Å². The highest BCUT2D eigenvalue weighted by Gasteiger charge is 2.24. The number of halogens is 2. The largest absolute Gasteiger partial charge is 0.271 e. The Balaban J connectivity index is 1.91. The van der Waals surface area contributed by atoms with Gasteiger partial charge >= 0.3 is 0 Å². The minimum atomic E-state index is -0.580. The van der Waals surface area contributed by atoms with Gasteiger partial charge in [-0.1, -0.05) is 0 Å². The molecule has 0 amide bonds. The van der Waals surface area contributed by atoms with Crippen molar-refractivity contribution in [2.45, 2.75) is 32.0 Å². The Morgan fingerprint density at radius 1 is 1.62 bits per heavy atom.